The Labute approximate surface area is 84.3 Å². The van der Waals surface area contributed by atoms with Gasteiger partial charge in [-0.25, -0.2) is 4.39 Å². The van der Waals surface area contributed by atoms with E-state index in [0.29, 0.717) is 5.69 Å². The zero-order valence-corrected chi connectivity index (χ0v) is 8.73. The number of hydrogen-bond acceptors (Lipinski definition) is 1. The van der Waals surface area contributed by atoms with Gasteiger partial charge in [-0.1, -0.05) is 26.0 Å². The summed E-state index contributed by atoms with van der Waals surface area (Å²) in [5.41, 5.74) is 2.08. The number of hydrogen-bond donors (Lipinski definition) is 1. The molecule has 14 heavy (non-hydrogen) atoms. The van der Waals surface area contributed by atoms with Crippen LogP contribution in [0.4, 0.5) is 10.1 Å². The zero-order chi connectivity index (χ0) is 10.2. The summed E-state index contributed by atoms with van der Waals surface area (Å²) in [6.45, 7) is 5.32. The first-order chi connectivity index (χ1) is 6.58. The Bertz CT molecular complexity index is 344. The van der Waals surface area contributed by atoms with Gasteiger partial charge < -0.3 is 5.32 Å². The second kappa shape index (κ2) is 3.26. The van der Waals surface area contributed by atoms with Crippen LogP contribution in [0.25, 0.3) is 0 Å². The predicted octanol–water partition coefficient (Wildman–Crippen LogP) is 3.21. The van der Waals surface area contributed by atoms with Crippen LogP contribution in [0.3, 0.4) is 0 Å². The van der Waals surface area contributed by atoms with E-state index < -0.39 is 0 Å². The minimum atomic E-state index is -0.125. The fraction of sp³-hybridized carbons (Fsp3) is 0.500. The van der Waals surface area contributed by atoms with Gasteiger partial charge in [0.05, 0.1) is 5.69 Å². The van der Waals surface area contributed by atoms with Crippen molar-refractivity contribution in [2.24, 2.45) is 5.41 Å². The van der Waals surface area contributed by atoms with Crippen molar-refractivity contribution in [1.29, 1.82) is 0 Å². The smallest absolute Gasteiger partial charge is 0.146 e. The van der Waals surface area contributed by atoms with Crippen molar-refractivity contribution < 1.29 is 4.39 Å². The summed E-state index contributed by atoms with van der Waals surface area (Å²) >= 11 is 0. The van der Waals surface area contributed by atoms with Crippen molar-refractivity contribution in [3.63, 3.8) is 0 Å². The van der Waals surface area contributed by atoms with E-state index in [2.05, 4.69) is 19.2 Å². The second-order valence-electron chi connectivity index (χ2n) is 4.79. The minimum absolute atomic E-state index is 0.125. The highest BCUT2D eigenvalue weighted by atomic mass is 19.1. The van der Waals surface area contributed by atoms with E-state index in [-0.39, 0.29) is 11.2 Å². The molecule has 0 bridgehead atoms. The van der Waals surface area contributed by atoms with E-state index in [1.807, 2.05) is 6.07 Å². The number of para-hydroxylation sites is 1. The van der Waals surface area contributed by atoms with Gasteiger partial charge in [0.1, 0.15) is 5.82 Å². The van der Waals surface area contributed by atoms with E-state index in [0.717, 1.165) is 24.9 Å². The number of halogens is 1. The Morgan fingerprint density at radius 3 is 2.93 bits per heavy atom. The number of benzene rings is 1. The van der Waals surface area contributed by atoms with Gasteiger partial charge in [-0.2, -0.15) is 0 Å². The molecule has 0 saturated heterocycles. The number of nitrogens with one attached hydrogen (secondary N) is 1. The third-order valence-corrected chi connectivity index (χ3v) is 2.87. The molecule has 0 fully saturated rings. The molecule has 0 amide bonds. The summed E-state index contributed by atoms with van der Waals surface area (Å²) in [5, 5.41) is 3.17. The van der Waals surface area contributed by atoms with Gasteiger partial charge in [-0.3, -0.25) is 0 Å². The number of fused-ring (bicyclic) bond motifs is 1. The Kier molecular flexibility index (Phi) is 2.22. The Morgan fingerprint density at radius 1 is 1.36 bits per heavy atom. The van der Waals surface area contributed by atoms with Gasteiger partial charge in [0.25, 0.3) is 0 Å². The normalized spacial score (nSPS) is 19.4. The molecule has 0 atom stereocenters. The summed E-state index contributed by atoms with van der Waals surface area (Å²) < 4.78 is 13.4. The third kappa shape index (κ3) is 1.74. The topological polar surface area (TPSA) is 12.0 Å². The molecule has 0 radical (unpaired) electrons. The first-order valence-electron chi connectivity index (χ1n) is 5.10. The fourth-order valence-electron chi connectivity index (χ4n) is 2.04. The summed E-state index contributed by atoms with van der Waals surface area (Å²) in [6.07, 6.45) is 2.04. The van der Waals surface area contributed by atoms with Crippen LogP contribution < -0.4 is 5.32 Å². The largest absolute Gasteiger partial charge is 0.382 e. The maximum atomic E-state index is 13.4. The molecular weight excluding hydrogens is 177 g/mol. The second-order valence-corrected chi connectivity index (χ2v) is 4.79. The van der Waals surface area contributed by atoms with Crippen molar-refractivity contribution in [2.45, 2.75) is 26.7 Å². The van der Waals surface area contributed by atoms with E-state index in [1.54, 1.807) is 6.07 Å². The molecule has 1 aliphatic heterocycles. The van der Waals surface area contributed by atoms with Crippen LogP contribution in [0.15, 0.2) is 18.2 Å². The first-order valence-corrected chi connectivity index (χ1v) is 5.10. The highest BCUT2D eigenvalue weighted by Gasteiger charge is 2.24. The van der Waals surface area contributed by atoms with Crippen molar-refractivity contribution in [3.8, 4) is 0 Å². The lowest BCUT2D eigenvalue weighted by Gasteiger charge is -2.21. The van der Waals surface area contributed by atoms with Gasteiger partial charge in [0.15, 0.2) is 0 Å². The molecule has 0 unspecified atom stereocenters. The summed E-state index contributed by atoms with van der Waals surface area (Å²) in [7, 11) is 0. The summed E-state index contributed by atoms with van der Waals surface area (Å²) in [4.78, 5) is 0. The van der Waals surface area contributed by atoms with Crippen LogP contribution in [0.5, 0.6) is 0 Å². The number of rotatable bonds is 0. The van der Waals surface area contributed by atoms with Gasteiger partial charge in [0, 0.05) is 6.54 Å². The van der Waals surface area contributed by atoms with Gasteiger partial charge in [-0.15, -0.1) is 0 Å². The average Bonchev–Trinajstić information content (AvgIpc) is 2.23. The van der Waals surface area contributed by atoms with Gasteiger partial charge in [0.2, 0.25) is 0 Å². The van der Waals surface area contributed by atoms with Crippen molar-refractivity contribution in [3.05, 3.63) is 29.6 Å². The quantitative estimate of drug-likeness (QED) is 0.667. The highest BCUT2D eigenvalue weighted by molar-refractivity contribution is 5.53. The maximum Gasteiger partial charge on any atom is 0.146 e. The van der Waals surface area contributed by atoms with Crippen molar-refractivity contribution in [2.75, 3.05) is 11.9 Å². The zero-order valence-electron chi connectivity index (χ0n) is 8.73. The lowest BCUT2D eigenvalue weighted by Crippen LogP contribution is -2.15. The van der Waals surface area contributed by atoms with E-state index in [1.165, 1.54) is 6.07 Å². The molecule has 1 aromatic carbocycles. The molecule has 76 valence electrons. The molecule has 1 heterocycles. The van der Waals surface area contributed by atoms with Gasteiger partial charge >= 0.3 is 0 Å². The monoisotopic (exact) mass is 193 g/mol. The molecule has 1 nitrogen and oxygen atoms in total. The average molecular weight is 193 g/mol. The molecule has 1 aliphatic rings. The standard InChI is InChI=1S/C12H16FN/c1-12(2)6-7-14-11-9(8-12)4-3-5-10(11)13/h3-5,14H,6-8H2,1-2H3. The van der Waals surface area contributed by atoms with Crippen molar-refractivity contribution >= 4 is 5.69 Å². The predicted molar refractivity (Wildman–Crippen MR) is 57.0 cm³/mol. The Morgan fingerprint density at radius 2 is 2.14 bits per heavy atom. The van der Waals surface area contributed by atoms with Crippen LogP contribution in [0.1, 0.15) is 25.8 Å². The van der Waals surface area contributed by atoms with E-state index in [9.17, 15) is 4.39 Å². The van der Waals surface area contributed by atoms with Crippen LogP contribution in [-0.2, 0) is 6.42 Å². The molecule has 0 aliphatic carbocycles. The minimum Gasteiger partial charge on any atom is -0.382 e. The van der Waals surface area contributed by atoms with Crippen molar-refractivity contribution in [1.82, 2.24) is 0 Å². The van der Waals surface area contributed by atoms with Gasteiger partial charge in [-0.05, 0) is 29.9 Å². The van der Waals surface area contributed by atoms with E-state index >= 15 is 0 Å². The fourth-order valence-corrected chi connectivity index (χ4v) is 2.04. The summed E-state index contributed by atoms with van der Waals surface area (Å²) in [5.74, 6) is -0.125. The molecule has 0 aromatic heterocycles. The third-order valence-electron chi connectivity index (χ3n) is 2.87. The molecule has 2 heteroatoms. The molecule has 0 spiro atoms. The lowest BCUT2D eigenvalue weighted by atomic mass is 9.83. The van der Waals surface area contributed by atoms with Crippen LogP contribution in [-0.4, -0.2) is 6.54 Å². The van der Waals surface area contributed by atoms with Crippen LogP contribution in [0, 0.1) is 11.2 Å². The SMILES string of the molecule is CC1(C)CCNc2c(F)cccc2C1. The maximum absolute atomic E-state index is 13.4. The Balaban J connectivity index is 2.42. The molecule has 0 saturated carbocycles. The molecule has 2 rings (SSSR count). The van der Waals surface area contributed by atoms with Crippen LogP contribution >= 0.6 is 0 Å². The Hall–Kier alpha value is -1.05. The molecular formula is C12H16FN. The molecule has 1 N–H and O–H groups in total. The summed E-state index contributed by atoms with van der Waals surface area (Å²) in [6, 6.07) is 5.32. The number of anilines is 1. The van der Waals surface area contributed by atoms with Crippen LogP contribution in [0.2, 0.25) is 0 Å². The lowest BCUT2D eigenvalue weighted by molar-refractivity contribution is 0.349. The molecule has 1 aromatic rings. The highest BCUT2D eigenvalue weighted by Crippen LogP contribution is 2.33. The van der Waals surface area contributed by atoms with E-state index in [4.69, 9.17) is 0 Å². The first kappa shape index (κ1) is 9.50.